The van der Waals surface area contributed by atoms with Crippen molar-refractivity contribution in [2.24, 2.45) is 7.05 Å². The lowest BCUT2D eigenvalue weighted by Gasteiger charge is -2.36. The molecule has 28 heavy (non-hydrogen) atoms. The second kappa shape index (κ2) is 5.78. The Morgan fingerprint density at radius 1 is 1.25 bits per heavy atom. The van der Waals surface area contributed by atoms with Crippen molar-refractivity contribution in [3.8, 4) is 11.5 Å². The summed E-state index contributed by atoms with van der Waals surface area (Å²) >= 11 is 0. The molecular formula is C21H22N6O. The number of hydrogen-bond donors (Lipinski definition) is 0. The first-order valence-corrected chi connectivity index (χ1v) is 9.83. The summed E-state index contributed by atoms with van der Waals surface area (Å²) in [6.07, 6.45) is 9.29. The second-order valence-corrected chi connectivity index (χ2v) is 7.97. The van der Waals surface area contributed by atoms with Gasteiger partial charge in [-0.1, -0.05) is 0 Å². The van der Waals surface area contributed by atoms with Crippen LogP contribution < -0.4 is 0 Å². The first-order chi connectivity index (χ1) is 13.7. The van der Waals surface area contributed by atoms with E-state index in [2.05, 4.69) is 29.3 Å². The van der Waals surface area contributed by atoms with Crippen LogP contribution in [0, 0.1) is 6.92 Å². The van der Waals surface area contributed by atoms with Gasteiger partial charge < -0.3 is 4.42 Å². The van der Waals surface area contributed by atoms with E-state index in [1.807, 2.05) is 34.4 Å². The van der Waals surface area contributed by atoms with Crippen LogP contribution in [0.5, 0.6) is 0 Å². The molecule has 7 nitrogen and oxygen atoms in total. The zero-order valence-electron chi connectivity index (χ0n) is 16.0. The Hall–Kier alpha value is -2.93. The first-order valence-electron chi connectivity index (χ1n) is 9.83. The van der Waals surface area contributed by atoms with Crippen molar-refractivity contribution >= 4 is 5.65 Å². The highest BCUT2D eigenvalue weighted by molar-refractivity contribution is 5.59. The fraction of sp³-hybridized carbons (Fsp3) is 0.381. The molecule has 0 saturated carbocycles. The second-order valence-electron chi connectivity index (χ2n) is 7.97. The molecule has 6 heterocycles. The van der Waals surface area contributed by atoms with E-state index in [0.717, 1.165) is 35.8 Å². The van der Waals surface area contributed by atoms with E-state index in [9.17, 15) is 0 Å². The Balaban J connectivity index is 1.40. The summed E-state index contributed by atoms with van der Waals surface area (Å²) in [4.78, 5) is 7.36. The molecule has 0 aliphatic carbocycles. The molecule has 2 aliphatic heterocycles. The van der Waals surface area contributed by atoms with E-state index in [0.29, 0.717) is 12.1 Å². The predicted octanol–water partition coefficient (Wildman–Crippen LogP) is 3.29. The average Bonchev–Trinajstić information content (AvgIpc) is 3.43. The third-order valence-corrected chi connectivity index (χ3v) is 6.29. The van der Waals surface area contributed by atoms with Crippen LogP contribution in [0.3, 0.4) is 0 Å². The molecule has 0 N–H and O–H groups in total. The van der Waals surface area contributed by atoms with Crippen LogP contribution in [0.1, 0.15) is 41.4 Å². The molecule has 1 fully saturated rings. The molecule has 0 aromatic carbocycles. The summed E-state index contributed by atoms with van der Waals surface area (Å²) in [6.45, 7) is 3.05. The molecule has 7 heteroatoms. The number of hydrogen-bond acceptors (Lipinski definition) is 5. The van der Waals surface area contributed by atoms with E-state index in [-0.39, 0.29) is 0 Å². The van der Waals surface area contributed by atoms with Gasteiger partial charge in [0.1, 0.15) is 5.69 Å². The lowest BCUT2D eigenvalue weighted by atomic mass is 9.98. The van der Waals surface area contributed by atoms with Gasteiger partial charge in [-0.3, -0.25) is 9.58 Å². The highest BCUT2D eigenvalue weighted by Crippen LogP contribution is 2.44. The van der Waals surface area contributed by atoms with Gasteiger partial charge in [0.05, 0.1) is 17.7 Å². The normalized spacial score (nSPS) is 21.5. The predicted molar refractivity (Wildman–Crippen MR) is 104 cm³/mol. The first kappa shape index (κ1) is 16.1. The molecular weight excluding hydrogens is 352 g/mol. The molecule has 2 bridgehead atoms. The number of furan rings is 1. The summed E-state index contributed by atoms with van der Waals surface area (Å²) in [5.74, 6) is 0.784. The summed E-state index contributed by atoms with van der Waals surface area (Å²) < 4.78 is 9.47. The molecule has 142 valence electrons. The van der Waals surface area contributed by atoms with Crippen LogP contribution in [-0.4, -0.2) is 35.3 Å². The zero-order chi connectivity index (χ0) is 18.8. The Labute approximate surface area is 162 Å². The monoisotopic (exact) mass is 374 g/mol. The Morgan fingerprint density at radius 3 is 2.96 bits per heavy atom. The summed E-state index contributed by atoms with van der Waals surface area (Å²) in [5, 5.41) is 9.33. The van der Waals surface area contributed by atoms with Gasteiger partial charge in [-0.25, -0.2) is 9.50 Å². The number of aryl methyl sites for hydroxylation is 2. The standard InChI is InChI=1S/C21H22N6O/c1-13-14(11-25(2)23-13)12-26-15-5-6-18(26)16-10-22-21-9-17(20-4-3-7-28-20)24-27(21)19(16)8-15/h3-4,7,9-11,15,18H,5-6,8,12H2,1-2H3. The van der Waals surface area contributed by atoms with Gasteiger partial charge in [0.15, 0.2) is 11.4 Å². The van der Waals surface area contributed by atoms with E-state index in [1.165, 1.54) is 29.7 Å². The highest BCUT2D eigenvalue weighted by atomic mass is 16.3. The third-order valence-electron chi connectivity index (χ3n) is 6.29. The van der Waals surface area contributed by atoms with Crippen LogP contribution in [-0.2, 0) is 20.0 Å². The number of fused-ring (bicyclic) bond motifs is 6. The molecule has 4 aromatic heterocycles. The lowest BCUT2D eigenvalue weighted by Crippen LogP contribution is -2.38. The molecule has 0 radical (unpaired) electrons. The number of rotatable bonds is 3. The van der Waals surface area contributed by atoms with E-state index in [1.54, 1.807) is 6.26 Å². The molecule has 6 rings (SSSR count). The molecule has 0 spiro atoms. The van der Waals surface area contributed by atoms with Crippen molar-refractivity contribution in [2.45, 2.75) is 44.8 Å². The molecule has 2 atom stereocenters. The van der Waals surface area contributed by atoms with Gasteiger partial charge in [0, 0.05) is 61.7 Å². The van der Waals surface area contributed by atoms with Crippen molar-refractivity contribution in [3.05, 3.63) is 59.4 Å². The Kier molecular flexibility index (Phi) is 3.32. The van der Waals surface area contributed by atoms with Gasteiger partial charge >= 0.3 is 0 Å². The van der Waals surface area contributed by atoms with Crippen molar-refractivity contribution in [2.75, 3.05) is 0 Å². The van der Waals surface area contributed by atoms with Crippen molar-refractivity contribution in [1.82, 2.24) is 29.3 Å². The smallest absolute Gasteiger partial charge is 0.155 e. The van der Waals surface area contributed by atoms with Crippen molar-refractivity contribution in [3.63, 3.8) is 0 Å². The summed E-state index contributed by atoms with van der Waals surface area (Å²) in [7, 11) is 1.99. The number of aromatic nitrogens is 5. The molecule has 0 amide bonds. The van der Waals surface area contributed by atoms with Gasteiger partial charge in [0.2, 0.25) is 0 Å². The fourth-order valence-electron chi connectivity index (χ4n) is 4.97. The Bertz CT molecular complexity index is 1170. The van der Waals surface area contributed by atoms with Crippen molar-refractivity contribution < 1.29 is 4.42 Å². The minimum absolute atomic E-state index is 0.404. The maximum atomic E-state index is 5.52. The molecule has 2 aliphatic rings. The lowest BCUT2D eigenvalue weighted by molar-refractivity contribution is 0.165. The molecule has 2 unspecified atom stereocenters. The minimum atomic E-state index is 0.404. The summed E-state index contributed by atoms with van der Waals surface area (Å²) in [6, 6.07) is 6.78. The van der Waals surface area contributed by atoms with Gasteiger partial charge in [-0.2, -0.15) is 10.2 Å². The average molecular weight is 374 g/mol. The van der Waals surface area contributed by atoms with Gasteiger partial charge in [-0.05, 0) is 31.9 Å². The van der Waals surface area contributed by atoms with Crippen molar-refractivity contribution in [1.29, 1.82) is 0 Å². The molecule has 1 saturated heterocycles. The number of nitrogens with zero attached hydrogens (tertiary/aromatic N) is 6. The maximum Gasteiger partial charge on any atom is 0.155 e. The van der Waals surface area contributed by atoms with E-state index in [4.69, 9.17) is 14.5 Å². The third kappa shape index (κ3) is 2.29. The topological polar surface area (TPSA) is 64.4 Å². The van der Waals surface area contributed by atoms with E-state index < -0.39 is 0 Å². The van der Waals surface area contributed by atoms with Crippen LogP contribution in [0.2, 0.25) is 0 Å². The zero-order valence-corrected chi connectivity index (χ0v) is 16.0. The van der Waals surface area contributed by atoms with Crippen LogP contribution in [0.4, 0.5) is 0 Å². The molecule has 4 aromatic rings. The van der Waals surface area contributed by atoms with E-state index >= 15 is 0 Å². The van der Waals surface area contributed by atoms with Crippen LogP contribution in [0.15, 0.2) is 41.3 Å². The maximum absolute atomic E-state index is 5.52. The Morgan fingerprint density at radius 2 is 2.18 bits per heavy atom. The highest BCUT2D eigenvalue weighted by Gasteiger charge is 2.41. The van der Waals surface area contributed by atoms with Crippen LogP contribution in [0.25, 0.3) is 17.1 Å². The fourth-order valence-corrected chi connectivity index (χ4v) is 4.97. The van der Waals surface area contributed by atoms with Crippen LogP contribution >= 0.6 is 0 Å². The van der Waals surface area contributed by atoms with Gasteiger partial charge in [-0.15, -0.1) is 0 Å². The SMILES string of the molecule is Cc1nn(C)cc1CN1C2CCC1c1cnc3cc(-c4ccco4)nn3c1C2. The van der Waals surface area contributed by atoms with Gasteiger partial charge in [0.25, 0.3) is 0 Å². The largest absolute Gasteiger partial charge is 0.463 e. The minimum Gasteiger partial charge on any atom is -0.463 e. The quantitative estimate of drug-likeness (QED) is 0.551. The summed E-state index contributed by atoms with van der Waals surface area (Å²) in [5.41, 5.74) is 6.78.